The van der Waals surface area contributed by atoms with Crippen molar-refractivity contribution in [3.63, 3.8) is 0 Å². The molecule has 4 aromatic rings. The summed E-state index contributed by atoms with van der Waals surface area (Å²) in [5.41, 5.74) is 6.78. The Morgan fingerprint density at radius 2 is 2.14 bits per heavy atom. The lowest BCUT2D eigenvalue weighted by Gasteiger charge is -2.35. The maximum atomic E-state index is 14.4. The lowest BCUT2D eigenvalue weighted by molar-refractivity contribution is 0.159. The topological polar surface area (TPSA) is 77.1 Å². The van der Waals surface area contributed by atoms with E-state index in [1.807, 2.05) is 24.8 Å². The zero-order valence-corrected chi connectivity index (χ0v) is 22.0. The summed E-state index contributed by atoms with van der Waals surface area (Å²) in [6.07, 6.45) is 2.66. The maximum absolute atomic E-state index is 14.4. The van der Waals surface area contributed by atoms with Gasteiger partial charge in [-0.1, -0.05) is 18.2 Å². The Hall–Kier alpha value is -3.30. The summed E-state index contributed by atoms with van der Waals surface area (Å²) >= 11 is 1.69. The van der Waals surface area contributed by atoms with Crippen molar-refractivity contribution in [3.8, 4) is 11.3 Å². The van der Waals surface area contributed by atoms with Crippen LogP contribution in [-0.2, 0) is 19.5 Å². The van der Waals surface area contributed by atoms with Gasteiger partial charge in [0.2, 0.25) is 0 Å². The van der Waals surface area contributed by atoms with Gasteiger partial charge in [0.1, 0.15) is 5.82 Å². The average molecular weight is 519 g/mol. The van der Waals surface area contributed by atoms with Gasteiger partial charge in [0, 0.05) is 54.5 Å². The fourth-order valence-corrected chi connectivity index (χ4v) is 6.38. The number of aromatic nitrogens is 3. The number of likely N-dealkylation sites (tertiary alicyclic amines) is 1. The van der Waals surface area contributed by atoms with Gasteiger partial charge in [-0.25, -0.2) is 14.2 Å². The van der Waals surface area contributed by atoms with Gasteiger partial charge in [-0.15, -0.1) is 11.3 Å². The largest absolute Gasteiger partial charge is 0.334 e. The number of thiazole rings is 1. The smallest absolute Gasteiger partial charge is 0.317 e. The highest BCUT2D eigenvalue weighted by molar-refractivity contribution is 7.18. The number of amides is 2. The number of piperidine rings is 1. The van der Waals surface area contributed by atoms with Gasteiger partial charge in [0.05, 0.1) is 27.5 Å². The van der Waals surface area contributed by atoms with Crippen LogP contribution < -0.4 is 5.32 Å². The van der Waals surface area contributed by atoms with Crippen molar-refractivity contribution in [2.75, 3.05) is 19.6 Å². The Morgan fingerprint density at radius 3 is 3.00 bits per heavy atom. The second-order valence-electron chi connectivity index (χ2n) is 10.2. The zero-order chi connectivity index (χ0) is 25.5. The molecule has 1 fully saturated rings. The first-order valence-electron chi connectivity index (χ1n) is 12.9. The van der Waals surface area contributed by atoms with E-state index in [1.54, 1.807) is 17.4 Å². The number of hydrogen-bond donors (Lipinski definition) is 2. The number of rotatable bonds is 4. The van der Waals surface area contributed by atoms with Crippen molar-refractivity contribution in [3.05, 3.63) is 69.6 Å². The summed E-state index contributed by atoms with van der Waals surface area (Å²) in [4.78, 5) is 22.1. The van der Waals surface area contributed by atoms with Crippen LogP contribution in [0, 0.1) is 19.7 Å². The van der Waals surface area contributed by atoms with E-state index in [0.29, 0.717) is 19.6 Å². The molecule has 1 saturated heterocycles. The third-order valence-corrected chi connectivity index (χ3v) is 8.51. The van der Waals surface area contributed by atoms with E-state index in [4.69, 9.17) is 0 Å². The predicted octanol–water partition coefficient (Wildman–Crippen LogP) is 5.17. The van der Waals surface area contributed by atoms with Crippen molar-refractivity contribution in [1.82, 2.24) is 30.3 Å². The first-order chi connectivity index (χ1) is 17.9. The van der Waals surface area contributed by atoms with Crippen LogP contribution in [0.25, 0.3) is 21.5 Å². The highest BCUT2D eigenvalue weighted by atomic mass is 32.1. The number of urea groups is 1. The average Bonchev–Trinajstić information content (AvgIpc) is 3.48. The van der Waals surface area contributed by atoms with Crippen molar-refractivity contribution >= 4 is 27.6 Å². The molecule has 2 aliphatic rings. The molecule has 9 heteroatoms. The van der Waals surface area contributed by atoms with E-state index in [-0.39, 0.29) is 17.9 Å². The van der Waals surface area contributed by atoms with Crippen LogP contribution in [0.1, 0.15) is 40.2 Å². The molecule has 37 heavy (non-hydrogen) atoms. The van der Waals surface area contributed by atoms with Crippen LogP contribution in [-0.4, -0.2) is 56.7 Å². The molecule has 0 bridgehead atoms. The lowest BCUT2D eigenvalue weighted by atomic mass is 10.0. The molecule has 192 valence electrons. The van der Waals surface area contributed by atoms with Crippen molar-refractivity contribution in [1.29, 1.82) is 0 Å². The first-order valence-corrected chi connectivity index (χ1v) is 13.7. The van der Waals surface area contributed by atoms with Gasteiger partial charge in [0.25, 0.3) is 0 Å². The predicted molar refractivity (Wildman–Crippen MR) is 144 cm³/mol. The minimum Gasteiger partial charge on any atom is -0.334 e. The van der Waals surface area contributed by atoms with E-state index in [9.17, 15) is 9.18 Å². The molecule has 0 unspecified atom stereocenters. The third kappa shape index (κ3) is 4.85. The Morgan fingerprint density at radius 1 is 1.24 bits per heavy atom. The first kappa shape index (κ1) is 24.1. The number of hydrogen-bond acceptors (Lipinski definition) is 5. The van der Waals surface area contributed by atoms with Gasteiger partial charge >= 0.3 is 6.03 Å². The molecule has 0 radical (unpaired) electrons. The van der Waals surface area contributed by atoms with Gasteiger partial charge in [-0.2, -0.15) is 5.10 Å². The normalized spacial score (nSPS) is 18.2. The van der Waals surface area contributed by atoms with Crippen LogP contribution in [0.15, 0.2) is 36.4 Å². The molecule has 7 nitrogen and oxygen atoms in total. The van der Waals surface area contributed by atoms with Gasteiger partial charge in [-0.05, 0) is 57.0 Å². The standard InChI is InChI=1S/C28H31FN6OS/c1-17-5-3-7-23(29)21(17)15-34-11-4-6-20(14-34)31-28(36)35-12-10-24-22(16-35)27(33-32-24)19-8-9-26-25(13-19)30-18(2)37-26/h3,5,7-9,13,20H,4,6,10-12,14-16H2,1-2H3,(H,31,36)(H,32,33)/t20-/m1/s1. The van der Waals surface area contributed by atoms with Crippen LogP contribution >= 0.6 is 11.3 Å². The molecule has 4 heterocycles. The number of nitrogens with one attached hydrogen (secondary N) is 2. The number of benzene rings is 2. The molecule has 0 spiro atoms. The maximum Gasteiger partial charge on any atom is 0.317 e. The molecular weight excluding hydrogens is 487 g/mol. The summed E-state index contributed by atoms with van der Waals surface area (Å²) in [5, 5.41) is 12.1. The molecule has 1 atom stereocenters. The number of carbonyl (C=O) groups excluding carboxylic acids is 1. The Kier molecular flexibility index (Phi) is 6.42. The highest BCUT2D eigenvalue weighted by Crippen LogP contribution is 2.32. The third-order valence-electron chi connectivity index (χ3n) is 7.56. The van der Waals surface area contributed by atoms with E-state index < -0.39 is 0 Å². The molecule has 0 aliphatic carbocycles. The number of carbonyl (C=O) groups is 1. The Bertz CT molecular complexity index is 1440. The van der Waals surface area contributed by atoms with E-state index in [1.165, 1.54) is 10.8 Å². The monoisotopic (exact) mass is 518 g/mol. The van der Waals surface area contributed by atoms with Crippen molar-refractivity contribution < 1.29 is 9.18 Å². The Labute approximate surface area is 219 Å². The van der Waals surface area contributed by atoms with E-state index in [2.05, 4.69) is 43.6 Å². The molecule has 6 rings (SSSR count). The summed E-state index contributed by atoms with van der Waals surface area (Å²) in [6.45, 7) is 7.34. The molecule has 2 aliphatic heterocycles. The number of fused-ring (bicyclic) bond motifs is 2. The number of nitrogens with zero attached hydrogens (tertiary/aromatic N) is 4. The minimum atomic E-state index is -0.157. The van der Waals surface area contributed by atoms with E-state index >= 15 is 0 Å². The fraction of sp³-hybridized carbons (Fsp3) is 0.393. The lowest BCUT2D eigenvalue weighted by Crippen LogP contribution is -2.52. The van der Waals surface area contributed by atoms with E-state index in [0.717, 1.165) is 76.5 Å². The molecule has 2 aromatic carbocycles. The zero-order valence-electron chi connectivity index (χ0n) is 21.2. The van der Waals surface area contributed by atoms with Gasteiger partial charge in [-0.3, -0.25) is 10.00 Å². The number of H-pyrrole nitrogens is 1. The second-order valence-corrected chi connectivity index (χ2v) is 11.4. The summed E-state index contributed by atoms with van der Waals surface area (Å²) in [7, 11) is 0. The number of aryl methyl sites for hydroxylation is 2. The molecule has 0 saturated carbocycles. The van der Waals surface area contributed by atoms with Crippen LogP contribution in [0.2, 0.25) is 0 Å². The van der Waals surface area contributed by atoms with Gasteiger partial charge < -0.3 is 10.2 Å². The molecule has 2 aromatic heterocycles. The quantitative estimate of drug-likeness (QED) is 0.391. The minimum absolute atomic E-state index is 0.0442. The van der Waals surface area contributed by atoms with Crippen LogP contribution in [0.4, 0.5) is 9.18 Å². The Balaban J connectivity index is 1.13. The van der Waals surface area contributed by atoms with Crippen molar-refractivity contribution in [2.45, 2.75) is 52.2 Å². The highest BCUT2D eigenvalue weighted by Gasteiger charge is 2.29. The molecule has 2 N–H and O–H groups in total. The molecule has 2 amide bonds. The molecular formula is C28H31FN6OS. The SMILES string of the molecule is Cc1nc2cc(-c3n[nH]c4c3CN(C(=O)N[C@@H]3CCCN(Cc5c(C)cccc5F)C3)CC4)ccc2s1. The van der Waals surface area contributed by atoms with Crippen LogP contribution in [0.5, 0.6) is 0 Å². The number of aromatic amines is 1. The van der Waals surface area contributed by atoms with Crippen LogP contribution in [0.3, 0.4) is 0 Å². The second kappa shape index (κ2) is 9.87. The van der Waals surface area contributed by atoms with Gasteiger partial charge in [0.15, 0.2) is 0 Å². The fourth-order valence-electron chi connectivity index (χ4n) is 5.57. The van der Waals surface area contributed by atoms with Crippen molar-refractivity contribution in [2.24, 2.45) is 0 Å². The summed E-state index contributed by atoms with van der Waals surface area (Å²) < 4.78 is 15.5. The number of halogens is 1. The summed E-state index contributed by atoms with van der Waals surface area (Å²) in [5.74, 6) is -0.157. The summed E-state index contributed by atoms with van der Waals surface area (Å²) in [6, 6.07) is 11.5.